The summed E-state index contributed by atoms with van der Waals surface area (Å²) in [6.07, 6.45) is 2.92. The predicted molar refractivity (Wildman–Crippen MR) is 92.5 cm³/mol. The molecule has 0 fully saturated rings. The first-order valence-electron chi connectivity index (χ1n) is 7.70. The van der Waals surface area contributed by atoms with E-state index in [0.717, 1.165) is 6.42 Å². The fraction of sp³-hybridized carbons (Fsp3) is 0.353. The number of amides is 2. The number of hydrogen-bond donors (Lipinski definition) is 2. The summed E-state index contributed by atoms with van der Waals surface area (Å²) >= 11 is 1.36. The molecule has 2 N–H and O–H groups in total. The lowest BCUT2D eigenvalue weighted by Gasteiger charge is -2.16. The second-order valence-electron chi connectivity index (χ2n) is 5.21. The standard InChI is InChI=1S/C17H21N3O2S/c1-2-13(14-6-4-3-5-7-14)12-19-15(21)8-9-16(22)20-17-18-10-11-23-17/h3-7,10-11,13H,2,8-9,12H2,1H3,(H,19,21)(H,18,20,22)/t13-/m1/s1. The second-order valence-corrected chi connectivity index (χ2v) is 6.10. The summed E-state index contributed by atoms with van der Waals surface area (Å²) < 4.78 is 0. The smallest absolute Gasteiger partial charge is 0.226 e. The molecule has 0 unspecified atom stereocenters. The van der Waals surface area contributed by atoms with Crippen molar-refractivity contribution in [3.63, 3.8) is 0 Å². The van der Waals surface area contributed by atoms with Crippen molar-refractivity contribution < 1.29 is 9.59 Å². The molecule has 0 aliphatic rings. The zero-order chi connectivity index (χ0) is 16.5. The van der Waals surface area contributed by atoms with Crippen LogP contribution in [0.1, 0.15) is 37.7 Å². The van der Waals surface area contributed by atoms with Crippen LogP contribution in [0.25, 0.3) is 0 Å². The molecule has 2 rings (SSSR count). The van der Waals surface area contributed by atoms with Gasteiger partial charge in [0.25, 0.3) is 0 Å². The molecule has 1 heterocycles. The van der Waals surface area contributed by atoms with E-state index in [4.69, 9.17) is 0 Å². The van der Waals surface area contributed by atoms with Crippen LogP contribution in [0.4, 0.5) is 5.13 Å². The number of carbonyl (C=O) groups is 2. The highest BCUT2D eigenvalue weighted by Crippen LogP contribution is 2.18. The van der Waals surface area contributed by atoms with Crippen molar-refractivity contribution in [3.8, 4) is 0 Å². The fourth-order valence-electron chi connectivity index (χ4n) is 2.24. The Kier molecular flexibility index (Phi) is 6.75. The number of carbonyl (C=O) groups excluding carboxylic acids is 2. The van der Waals surface area contributed by atoms with Crippen LogP contribution in [0, 0.1) is 0 Å². The van der Waals surface area contributed by atoms with Crippen molar-refractivity contribution in [1.82, 2.24) is 10.3 Å². The van der Waals surface area contributed by atoms with E-state index in [1.165, 1.54) is 16.9 Å². The molecule has 1 aromatic heterocycles. The highest BCUT2D eigenvalue weighted by molar-refractivity contribution is 7.13. The van der Waals surface area contributed by atoms with Crippen LogP contribution in [0.5, 0.6) is 0 Å². The highest BCUT2D eigenvalue weighted by Gasteiger charge is 2.12. The normalized spacial score (nSPS) is 11.7. The molecule has 2 aromatic rings. The van der Waals surface area contributed by atoms with Crippen LogP contribution in [-0.4, -0.2) is 23.3 Å². The zero-order valence-electron chi connectivity index (χ0n) is 13.1. The molecule has 5 nitrogen and oxygen atoms in total. The second kappa shape index (κ2) is 9.05. The quantitative estimate of drug-likeness (QED) is 0.780. The largest absolute Gasteiger partial charge is 0.355 e. The molecular formula is C17H21N3O2S. The summed E-state index contributed by atoms with van der Waals surface area (Å²) in [5, 5.41) is 7.93. The molecule has 122 valence electrons. The lowest BCUT2D eigenvalue weighted by atomic mass is 9.96. The number of rotatable bonds is 8. The summed E-state index contributed by atoms with van der Waals surface area (Å²) in [7, 11) is 0. The van der Waals surface area contributed by atoms with Gasteiger partial charge in [0, 0.05) is 36.9 Å². The number of benzene rings is 1. The Morgan fingerprint density at radius 2 is 1.91 bits per heavy atom. The van der Waals surface area contributed by atoms with Crippen molar-refractivity contribution in [2.24, 2.45) is 0 Å². The summed E-state index contributed by atoms with van der Waals surface area (Å²) in [6, 6.07) is 10.1. The van der Waals surface area contributed by atoms with Gasteiger partial charge in [-0.1, -0.05) is 37.3 Å². The molecule has 23 heavy (non-hydrogen) atoms. The molecule has 2 amide bonds. The molecule has 0 aliphatic heterocycles. The average Bonchev–Trinajstić information content (AvgIpc) is 3.07. The molecule has 0 bridgehead atoms. The van der Waals surface area contributed by atoms with Crippen molar-refractivity contribution in [1.29, 1.82) is 0 Å². The van der Waals surface area contributed by atoms with Crippen LogP contribution in [0.2, 0.25) is 0 Å². The van der Waals surface area contributed by atoms with Gasteiger partial charge in [0.15, 0.2) is 5.13 Å². The molecule has 0 saturated heterocycles. The third kappa shape index (κ3) is 5.83. The van der Waals surface area contributed by atoms with E-state index in [-0.39, 0.29) is 24.7 Å². The highest BCUT2D eigenvalue weighted by atomic mass is 32.1. The van der Waals surface area contributed by atoms with Gasteiger partial charge in [-0.15, -0.1) is 11.3 Å². The Balaban J connectivity index is 1.71. The number of thiazole rings is 1. The third-order valence-electron chi connectivity index (χ3n) is 3.57. The molecule has 0 spiro atoms. The third-order valence-corrected chi connectivity index (χ3v) is 4.26. The summed E-state index contributed by atoms with van der Waals surface area (Å²) in [6.45, 7) is 2.69. The van der Waals surface area contributed by atoms with Gasteiger partial charge >= 0.3 is 0 Å². The van der Waals surface area contributed by atoms with E-state index in [1.807, 2.05) is 18.2 Å². The average molecular weight is 331 g/mol. The number of nitrogens with zero attached hydrogens (tertiary/aromatic N) is 1. The summed E-state index contributed by atoms with van der Waals surface area (Å²) in [5.41, 5.74) is 1.22. The Hall–Kier alpha value is -2.21. The van der Waals surface area contributed by atoms with Gasteiger partial charge in [-0.25, -0.2) is 4.98 Å². The zero-order valence-corrected chi connectivity index (χ0v) is 13.9. The lowest BCUT2D eigenvalue weighted by Crippen LogP contribution is -2.29. The Bertz CT molecular complexity index is 614. The molecule has 0 radical (unpaired) electrons. The van der Waals surface area contributed by atoms with E-state index < -0.39 is 0 Å². The SMILES string of the molecule is CC[C@H](CNC(=O)CCC(=O)Nc1nccs1)c1ccccc1. The predicted octanol–water partition coefficient (Wildman–Crippen LogP) is 3.17. The van der Waals surface area contributed by atoms with Crippen LogP contribution >= 0.6 is 11.3 Å². The molecular weight excluding hydrogens is 310 g/mol. The summed E-state index contributed by atoms with van der Waals surface area (Å²) in [5.74, 6) is 0.00293. The topological polar surface area (TPSA) is 71.1 Å². The summed E-state index contributed by atoms with van der Waals surface area (Å²) in [4.78, 5) is 27.6. The Labute approximate surface area is 140 Å². The first-order valence-corrected chi connectivity index (χ1v) is 8.58. The Morgan fingerprint density at radius 1 is 1.17 bits per heavy atom. The Morgan fingerprint density at radius 3 is 2.57 bits per heavy atom. The fourth-order valence-corrected chi connectivity index (χ4v) is 2.79. The number of hydrogen-bond acceptors (Lipinski definition) is 4. The van der Waals surface area contributed by atoms with Crippen LogP contribution in [-0.2, 0) is 9.59 Å². The van der Waals surface area contributed by atoms with E-state index in [1.54, 1.807) is 11.6 Å². The molecule has 0 saturated carbocycles. The monoisotopic (exact) mass is 331 g/mol. The number of nitrogens with one attached hydrogen (secondary N) is 2. The first-order chi connectivity index (χ1) is 11.2. The van der Waals surface area contributed by atoms with Crippen LogP contribution < -0.4 is 10.6 Å². The van der Waals surface area contributed by atoms with Crippen molar-refractivity contribution in [2.45, 2.75) is 32.1 Å². The minimum absolute atomic E-state index is 0.103. The maximum absolute atomic E-state index is 11.9. The van der Waals surface area contributed by atoms with Gasteiger partial charge in [0.2, 0.25) is 11.8 Å². The minimum atomic E-state index is -0.190. The molecule has 1 atom stereocenters. The van der Waals surface area contributed by atoms with Gasteiger partial charge in [-0.3, -0.25) is 9.59 Å². The van der Waals surface area contributed by atoms with Crippen LogP contribution in [0.15, 0.2) is 41.9 Å². The maximum Gasteiger partial charge on any atom is 0.226 e. The van der Waals surface area contributed by atoms with E-state index >= 15 is 0 Å². The maximum atomic E-state index is 11.9. The van der Waals surface area contributed by atoms with Gasteiger partial charge in [0.1, 0.15) is 0 Å². The lowest BCUT2D eigenvalue weighted by molar-refractivity contribution is -0.124. The minimum Gasteiger partial charge on any atom is -0.355 e. The van der Waals surface area contributed by atoms with Crippen molar-refractivity contribution in [2.75, 3.05) is 11.9 Å². The first kappa shape index (κ1) is 17.1. The van der Waals surface area contributed by atoms with E-state index in [9.17, 15) is 9.59 Å². The van der Waals surface area contributed by atoms with Crippen molar-refractivity contribution in [3.05, 3.63) is 47.5 Å². The van der Waals surface area contributed by atoms with Gasteiger partial charge < -0.3 is 10.6 Å². The van der Waals surface area contributed by atoms with Crippen molar-refractivity contribution >= 4 is 28.3 Å². The number of aromatic nitrogens is 1. The van der Waals surface area contributed by atoms with Gasteiger partial charge in [-0.2, -0.15) is 0 Å². The molecule has 6 heteroatoms. The van der Waals surface area contributed by atoms with Gasteiger partial charge in [0.05, 0.1) is 0 Å². The molecule has 0 aliphatic carbocycles. The van der Waals surface area contributed by atoms with E-state index in [0.29, 0.717) is 17.6 Å². The van der Waals surface area contributed by atoms with Crippen LogP contribution in [0.3, 0.4) is 0 Å². The molecule has 1 aromatic carbocycles. The number of anilines is 1. The van der Waals surface area contributed by atoms with Gasteiger partial charge in [-0.05, 0) is 12.0 Å². The van der Waals surface area contributed by atoms with E-state index in [2.05, 4.69) is 34.7 Å².